The van der Waals surface area contributed by atoms with Crippen molar-refractivity contribution in [2.75, 3.05) is 13.2 Å². The Morgan fingerprint density at radius 1 is 1.38 bits per heavy atom. The first-order valence-corrected chi connectivity index (χ1v) is 5.37. The summed E-state index contributed by atoms with van der Waals surface area (Å²) < 4.78 is 0. The van der Waals surface area contributed by atoms with Gasteiger partial charge in [0.25, 0.3) is 5.91 Å². The van der Waals surface area contributed by atoms with Gasteiger partial charge in [-0.1, -0.05) is 18.2 Å². The Kier molecular flexibility index (Phi) is 2.15. The zero-order valence-electron chi connectivity index (χ0n) is 8.77. The molecule has 82 valence electrons. The number of aromatic nitrogens is 1. The fraction of sp³-hybridized carbons (Fsp3) is 0.250. The SMILES string of the molecule is O=C(c1cc2ccccc2[nH]1)N1CCCO1. The van der Waals surface area contributed by atoms with Gasteiger partial charge in [0.2, 0.25) is 0 Å². The summed E-state index contributed by atoms with van der Waals surface area (Å²) in [5.74, 6) is -0.0892. The van der Waals surface area contributed by atoms with Gasteiger partial charge >= 0.3 is 0 Å². The molecule has 3 rings (SSSR count). The Balaban J connectivity index is 1.96. The lowest BCUT2D eigenvalue weighted by Gasteiger charge is -2.11. The summed E-state index contributed by atoms with van der Waals surface area (Å²) in [6.45, 7) is 1.31. The number of para-hydroxylation sites is 1. The Bertz CT molecular complexity index is 494. The number of amides is 1. The van der Waals surface area contributed by atoms with Crippen LogP contribution in [-0.4, -0.2) is 29.1 Å². The molecule has 1 aliphatic rings. The average Bonchev–Trinajstić information content (AvgIpc) is 2.97. The molecule has 1 N–H and O–H groups in total. The zero-order valence-corrected chi connectivity index (χ0v) is 8.77. The molecule has 2 heterocycles. The Hall–Kier alpha value is -1.81. The zero-order chi connectivity index (χ0) is 11.0. The molecule has 1 amide bonds. The fourth-order valence-corrected chi connectivity index (χ4v) is 1.93. The van der Waals surface area contributed by atoms with E-state index >= 15 is 0 Å². The summed E-state index contributed by atoms with van der Waals surface area (Å²) in [6.07, 6.45) is 0.909. The predicted octanol–water partition coefficient (Wildman–Crippen LogP) is 1.95. The number of nitrogens with zero attached hydrogens (tertiary/aromatic N) is 1. The summed E-state index contributed by atoms with van der Waals surface area (Å²) >= 11 is 0. The summed E-state index contributed by atoms with van der Waals surface area (Å²) in [5.41, 5.74) is 1.56. The molecule has 2 aromatic rings. The van der Waals surface area contributed by atoms with Crippen molar-refractivity contribution in [1.29, 1.82) is 0 Å². The van der Waals surface area contributed by atoms with Crippen molar-refractivity contribution in [3.63, 3.8) is 0 Å². The van der Waals surface area contributed by atoms with Crippen molar-refractivity contribution >= 4 is 16.8 Å². The topological polar surface area (TPSA) is 45.3 Å². The van der Waals surface area contributed by atoms with Gasteiger partial charge in [0, 0.05) is 10.9 Å². The number of hydrogen-bond acceptors (Lipinski definition) is 2. The van der Waals surface area contributed by atoms with Gasteiger partial charge in [0.1, 0.15) is 5.69 Å². The van der Waals surface area contributed by atoms with Crippen LogP contribution >= 0.6 is 0 Å². The molecule has 1 saturated heterocycles. The van der Waals surface area contributed by atoms with Crippen molar-refractivity contribution in [2.45, 2.75) is 6.42 Å². The molecule has 0 bridgehead atoms. The van der Waals surface area contributed by atoms with E-state index in [1.54, 1.807) is 0 Å². The van der Waals surface area contributed by atoms with Crippen LogP contribution in [0, 0.1) is 0 Å². The highest BCUT2D eigenvalue weighted by atomic mass is 16.7. The minimum atomic E-state index is -0.0892. The molecular weight excluding hydrogens is 204 g/mol. The second-order valence-electron chi connectivity index (χ2n) is 3.86. The van der Waals surface area contributed by atoms with Gasteiger partial charge in [0.15, 0.2) is 0 Å². The Morgan fingerprint density at radius 2 is 2.25 bits per heavy atom. The van der Waals surface area contributed by atoms with Crippen LogP contribution in [0.3, 0.4) is 0 Å². The molecule has 1 fully saturated rings. The van der Waals surface area contributed by atoms with Crippen LogP contribution < -0.4 is 0 Å². The summed E-state index contributed by atoms with van der Waals surface area (Å²) in [7, 11) is 0. The Morgan fingerprint density at radius 3 is 3.00 bits per heavy atom. The molecule has 1 aromatic heterocycles. The maximum Gasteiger partial charge on any atom is 0.293 e. The summed E-state index contributed by atoms with van der Waals surface area (Å²) in [5, 5.41) is 2.47. The van der Waals surface area contributed by atoms with Crippen LogP contribution in [0.5, 0.6) is 0 Å². The molecule has 4 nitrogen and oxygen atoms in total. The molecule has 0 atom stereocenters. The van der Waals surface area contributed by atoms with Crippen molar-refractivity contribution in [1.82, 2.24) is 10.0 Å². The van der Waals surface area contributed by atoms with Crippen LogP contribution in [-0.2, 0) is 4.84 Å². The fourth-order valence-electron chi connectivity index (χ4n) is 1.93. The number of carbonyl (C=O) groups excluding carboxylic acids is 1. The first-order chi connectivity index (χ1) is 7.84. The van der Waals surface area contributed by atoms with Gasteiger partial charge in [0.05, 0.1) is 13.2 Å². The second kappa shape index (κ2) is 3.64. The van der Waals surface area contributed by atoms with Crippen LogP contribution in [0.25, 0.3) is 10.9 Å². The van der Waals surface area contributed by atoms with Crippen molar-refractivity contribution in [3.05, 3.63) is 36.0 Å². The van der Waals surface area contributed by atoms with E-state index in [9.17, 15) is 4.79 Å². The van der Waals surface area contributed by atoms with E-state index in [-0.39, 0.29) is 5.91 Å². The van der Waals surface area contributed by atoms with E-state index in [1.165, 1.54) is 5.06 Å². The highest BCUT2D eigenvalue weighted by Crippen LogP contribution is 2.17. The number of nitrogens with one attached hydrogen (secondary N) is 1. The average molecular weight is 216 g/mol. The van der Waals surface area contributed by atoms with Crippen LogP contribution in [0.4, 0.5) is 0 Å². The monoisotopic (exact) mass is 216 g/mol. The van der Waals surface area contributed by atoms with Gasteiger partial charge in [-0.25, -0.2) is 5.06 Å². The van der Waals surface area contributed by atoms with E-state index in [4.69, 9.17) is 4.84 Å². The highest BCUT2D eigenvalue weighted by molar-refractivity contribution is 5.97. The third-order valence-corrected chi connectivity index (χ3v) is 2.74. The van der Waals surface area contributed by atoms with E-state index in [1.807, 2.05) is 30.3 Å². The number of H-pyrrole nitrogens is 1. The van der Waals surface area contributed by atoms with Crippen LogP contribution in [0.1, 0.15) is 16.9 Å². The first kappa shape index (κ1) is 9.42. The van der Waals surface area contributed by atoms with E-state index in [0.717, 1.165) is 17.3 Å². The molecule has 4 heteroatoms. The number of rotatable bonds is 1. The van der Waals surface area contributed by atoms with E-state index < -0.39 is 0 Å². The first-order valence-electron chi connectivity index (χ1n) is 5.37. The summed E-state index contributed by atoms with van der Waals surface area (Å²) in [6, 6.07) is 9.69. The van der Waals surface area contributed by atoms with Gasteiger partial charge in [-0.3, -0.25) is 9.63 Å². The quantitative estimate of drug-likeness (QED) is 0.791. The molecule has 0 saturated carbocycles. The molecular formula is C12H12N2O2. The lowest BCUT2D eigenvalue weighted by Crippen LogP contribution is -2.26. The minimum absolute atomic E-state index is 0.0892. The number of benzene rings is 1. The minimum Gasteiger partial charge on any atom is -0.350 e. The number of hydroxylamine groups is 2. The number of fused-ring (bicyclic) bond motifs is 1. The summed E-state index contributed by atoms with van der Waals surface area (Å²) in [4.78, 5) is 20.3. The van der Waals surface area contributed by atoms with Gasteiger partial charge in [-0.2, -0.15) is 0 Å². The molecule has 0 radical (unpaired) electrons. The number of carbonyl (C=O) groups is 1. The van der Waals surface area contributed by atoms with Crippen molar-refractivity contribution in [3.8, 4) is 0 Å². The van der Waals surface area contributed by atoms with Gasteiger partial charge in [-0.05, 0) is 18.6 Å². The lowest BCUT2D eigenvalue weighted by molar-refractivity contribution is -0.0771. The largest absolute Gasteiger partial charge is 0.350 e. The molecule has 0 aliphatic carbocycles. The van der Waals surface area contributed by atoms with E-state index in [0.29, 0.717) is 18.8 Å². The van der Waals surface area contributed by atoms with E-state index in [2.05, 4.69) is 4.98 Å². The molecule has 1 aromatic carbocycles. The van der Waals surface area contributed by atoms with Crippen LogP contribution in [0.2, 0.25) is 0 Å². The smallest absolute Gasteiger partial charge is 0.293 e. The number of aromatic amines is 1. The van der Waals surface area contributed by atoms with Crippen molar-refractivity contribution < 1.29 is 9.63 Å². The molecule has 1 aliphatic heterocycles. The van der Waals surface area contributed by atoms with Gasteiger partial charge < -0.3 is 4.98 Å². The molecule has 0 unspecified atom stereocenters. The standard InChI is InChI=1S/C12H12N2O2/c15-12(14-6-3-7-16-14)11-8-9-4-1-2-5-10(9)13-11/h1-2,4-5,8,13H,3,6-7H2. The van der Waals surface area contributed by atoms with Crippen LogP contribution in [0.15, 0.2) is 30.3 Å². The van der Waals surface area contributed by atoms with Crippen molar-refractivity contribution in [2.24, 2.45) is 0 Å². The molecule has 0 spiro atoms. The highest BCUT2D eigenvalue weighted by Gasteiger charge is 2.22. The molecule has 16 heavy (non-hydrogen) atoms. The Labute approximate surface area is 92.8 Å². The normalized spacial score (nSPS) is 15.9. The predicted molar refractivity (Wildman–Crippen MR) is 59.9 cm³/mol. The lowest BCUT2D eigenvalue weighted by atomic mass is 10.2. The number of hydrogen-bond donors (Lipinski definition) is 1. The van der Waals surface area contributed by atoms with Gasteiger partial charge in [-0.15, -0.1) is 0 Å². The maximum atomic E-state index is 12.0. The maximum absolute atomic E-state index is 12.0. The third-order valence-electron chi connectivity index (χ3n) is 2.74. The second-order valence-corrected chi connectivity index (χ2v) is 3.86. The third kappa shape index (κ3) is 1.47.